The Kier molecular flexibility index (Phi) is 6.90. The summed E-state index contributed by atoms with van der Waals surface area (Å²) in [6, 6.07) is 16.7. The first kappa shape index (κ1) is 22.1. The number of thioether (sulfide) groups is 1. The molecule has 3 aromatic rings. The molecular weight excluding hydrogens is 426 g/mol. The van der Waals surface area contributed by atoms with Crippen molar-refractivity contribution < 1.29 is 14.3 Å². The van der Waals surface area contributed by atoms with E-state index in [1.165, 1.54) is 23.4 Å². The molecule has 0 bridgehead atoms. The lowest BCUT2D eigenvalue weighted by molar-refractivity contribution is -0.141. The molecule has 1 aliphatic rings. The number of likely N-dealkylation sites (tertiary alicyclic amines) is 1. The number of carbonyl (C=O) groups is 2. The number of amides is 1. The van der Waals surface area contributed by atoms with Crippen molar-refractivity contribution in [1.82, 2.24) is 14.5 Å². The Balaban J connectivity index is 1.77. The van der Waals surface area contributed by atoms with Crippen molar-refractivity contribution >= 4 is 34.5 Å². The highest BCUT2D eigenvalue weighted by atomic mass is 32.2. The fourth-order valence-electron chi connectivity index (χ4n) is 3.84. The molecule has 0 spiro atoms. The Morgan fingerprint density at radius 3 is 2.47 bits per heavy atom. The van der Waals surface area contributed by atoms with Crippen LogP contribution in [0.1, 0.15) is 30.1 Å². The van der Waals surface area contributed by atoms with Crippen molar-refractivity contribution in [2.45, 2.75) is 36.2 Å². The van der Waals surface area contributed by atoms with Gasteiger partial charge in [0.25, 0.3) is 5.56 Å². The van der Waals surface area contributed by atoms with Crippen molar-refractivity contribution in [2.24, 2.45) is 0 Å². The van der Waals surface area contributed by atoms with Crippen LogP contribution in [0.2, 0.25) is 0 Å². The van der Waals surface area contributed by atoms with E-state index in [0.29, 0.717) is 16.1 Å². The summed E-state index contributed by atoms with van der Waals surface area (Å²) >= 11 is 1.26. The Hall–Kier alpha value is -3.13. The monoisotopic (exact) mass is 451 g/mol. The molecule has 0 aliphatic carbocycles. The minimum Gasteiger partial charge on any atom is -0.469 e. The highest BCUT2D eigenvalue weighted by Crippen LogP contribution is 2.36. The van der Waals surface area contributed by atoms with E-state index in [1.54, 1.807) is 18.2 Å². The van der Waals surface area contributed by atoms with Crippen LogP contribution in [0.4, 0.5) is 0 Å². The van der Waals surface area contributed by atoms with Gasteiger partial charge in [-0.2, -0.15) is 0 Å². The second kappa shape index (κ2) is 9.99. The molecule has 32 heavy (non-hydrogen) atoms. The first-order chi connectivity index (χ1) is 15.6. The lowest BCUT2D eigenvalue weighted by atomic mass is 10.1. The Labute approximate surface area is 190 Å². The second-order valence-corrected chi connectivity index (χ2v) is 8.71. The van der Waals surface area contributed by atoms with Gasteiger partial charge < -0.3 is 9.64 Å². The zero-order valence-corrected chi connectivity index (χ0v) is 18.7. The molecule has 7 nitrogen and oxygen atoms in total. The molecule has 1 amide bonds. The van der Waals surface area contributed by atoms with Crippen LogP contribution in [0.25, 0.3) is 10.9 Å². The molecule has 0 unspecified atom stereocenters. The lowest BCUT2D eigenvalue weighted by Gasteiger charge is -2.24. The number of nitrogens with zero attached hydrogens (tertiary/aromatic N) is 3. The normalized spacial score (nSPS) is 14.5. The minimum atomic E-state index is -0.535. The van der Waals surface area contributed by atoms with Crippen LogP contribution in [0.15, 0.2) is 64.5 Å². The average molecular weight is 452 g/mol. The van der Waals surface area contributed by atoms with E-state index in [4.69, 9.17) is 9.72 Å². The van der Waals surface area contributed by atoms with E-state index < -0.39 is 11.2 Å². The van der Waals surface area contributed by atoms with Gasteiger partial charge in [0.2, 0.25) is 5.91 Å². The molecule has 2 aromatic carbocycles. The summed E-state index contributed by atoms with van der Waals surface area (Å²) in [5.41, 5.74) is 1.19. The number of carbonyl (C=O) groups excluding carboxylic acids is 2. The summed E-state index contributed by atoms with van der Waals surface area (Å²) in [6.45, 7) is 1.61. The first-order valence-electron chi connectivity index (χ1n) is 10.7. The lowest BCUT2D eigenvalue weighted by Crippen LogP contribution is -2.32. The van der Waals surface area contributed by atoms with Crippen molar-refractivity contribution in [3.8, 4) is 0 Å². The third-order valence-electron chi connectivity index (χ3n) is 5.56. The van der Waals surface area contributed by atoms with Gasteiger partial charge in [-0.15, -0.1) is 0 Å². The third-order valence-corrected chi connectivity index (χ3v) is 6.79. The summed E-state index contributed by atoms with van der Waals surface area (Å²) in [7, 11) is 1.32. The second-order valence-electron chi connectivity index (χ2n) is 7.64. The molecule has 1 saturated heterocycles. The summed E-state index contributed by atoms with van der Waals surface area (Å²) in [5.74, 6) is -0.394. The number of esters is 1. The fourth-order valence-corrected chi connectivity index (χ4v) is 5.04. The topological polar surface area (TPSA) is 81.5 Å². The Morgan fingerprint density at radius 2 is 1.75 bits per heavy atom. The summed E-state index contributed by atoms with van der Waals surface area (Å²) < 4.78 is 6.24. The van der Waals surface area contributed by atoms with Crippen LogP contribution < -0.4 is 5.56 Å². The van der Waals surface area contributed by atoms with Crippen LogP contribution >= 0.6 is 11.8 Å². The van der Waals surface area contributed by atoms with Crippen molar-refractivity contribution in [2.75, 3.05) is 20.2 Å². The molecule has 4 rings (SSSR count). The van der Waals surface area contributed by atoms with E-state index >= 15 is 0 Å². The van der Waals surface area contributed by atoms with Crippen molar-refractivity contribution in [3.63, 3.8) is 0 Å². The van der Waals surface area contributed by atoms with Crippen LogP contribution in [-0.2, 0) is 20.9 Å². The number of fused-ring (bicyclic) bond motifs is 1. The predicted molar refractivity (Wildman–Crippen MR) is 123 cm³/mol. The number of hydrogen-bond donors (Lipinski definition) is 0. The van der Waals surface area contributed by atoms with E-state index in [-0.39, 0.29) is 24.4 Å². The standard InChI is InChI=1S/C24H25N3O4S/c1-31-20(28)13-16-27-22(29)18-11-5-6-12-19(18)25-24(27)32-21(17-9-3-2-4-10-17)23(30)26-14-7-8-15-26/h2-6,9-12,21H,7-8,13-16H2,1H3/t21-/m0/s1. The number of ether oxygens (including phenoxy) is 1. The zero-order chi connectivity index (χ0) is 22.5. The molecule has 0 radical (unpaired) electrons. The van der Waals surface area contributed by atoms with Crippen LogP contribution in [-0.4, -0.2) is 46.5 Å². The van der Waals surface area contributed by atoms with Crippen LogP contribution in [0, 0.1) is 0 Å². The highest BCUT2D eigenvalue weighted by Gasteiger charge is 2.30. The summed E-state index contributed by atoms with van der Waals surface area (Å²) in [6.07, 6.45) is 2.03. The molecule has 1 atom stereocenters. The highest BCUT2D eigenvalue weighted by molar-refractivity contribution is 8.00. The number of para-hydroxylation sites is 1. The van der Waals surface area contributed by atoms with Crippen molar-refractivity contribution in [3.05, 3.63) is 70.5 Å². The van der Waals surface area contributed by atoms with Gasteiger partial charge in [-0.1, -0.05) is 54.2 Å². The maximum Gasteiger partial charge on any atom is 0.307 e. The van der Waals surface area contributed by atoms with Gasteiger partial charge in [0, 0.05) is 19.6 Å². The maximum absolute atomic E-state index is 13.4. The predicted octanol–water partition coefficient (Wildman–Crippen LogP) is 3.42. The molecule has 1 aromatic heterocycles. The largest absolute Gasteiger partial charge is 0.469 e. The Morgan fingerprint density at radius 1 is 1.06 bits per heavy atom. The van der Waals surface area contributed by atoms with Crippen LogP contribution in [0.5, 0.6) is 0 Å². The Bertz CT molecular complexity index is 1170. The number of rotatable bonds is 7. The molecular formula is C24H25N3O4S. The van der Waals surface area contributed by atoms with E-state index in [1.807, 2.05) is 41.3 Å². The SMILES string of the molecule is COC(=O)CCn1c(S[C@H](C(=O)N2CCCC2)c2ccccc2)nc2ccccc2c1=O. The number of hydrogen-bond acceptors (Lipinski definition) is 6. The molecule has 2 heterocycles. The molecule has 0 N–H and O–H groups in total. The van der Waals surface area contributed by atoms with E-state index in [0.717, 1.165) is 31.5 Å². The van der Waals surface area contributed by atoms with Gasteiger partial charge in [0.1, 0.15) is 5.25 Å². The van der Waals surface area contributed by atoms with Gasteiger partial charge in [0.15, 0.2) is 5.16 Å². The summed E-state index contributed by atoms with van der Waals surface area (Å²) in [5, 5.41) is 0.356. The minimum absolute atomic E-state index is 0.0145. The molecule has 1 fully saturated rings. The number of benzene rings is 2. The number of methoxy groups -OCH3 is 1. The molecule has 8 heteroatoms. The van der Waals surface area contributed by atoms with Gasteiger partial charge in [-0.25, -0.2) is 4.98 Å². The van der Waals surface area contributed by atoms with E-state index in [9.17, 15) is 14.4 Å². The fraction of sp³-hybridized carbons (Fsp3) is 0.333. The third kappa shape index (κ3) is 4.70. The zero-order valence-electron chi connectivity index (χ0n) is 17.9. The maximum atomic E-state index is 13.4. The van der Waals surface area contributed by atoms with Gasteiger partial charge in [0.05, 0.1) is 24.4 Å². The smallest absolute Gasteiger partial charge is 0.307 e. The quantitative estimate of drug-likeness (QED) is 0.311. The van der Waals surface area contributed by atoms with E-state index in [2.05, 4.69) is 0 Å². The van der Waals surface area contributed by atoms with Gasteiger partial charge in [-0.3, -0.25) is 19.0 Å². The van der Waals surface area contributed by atoms with Crippen molar-refractivity contribution in [1.29, 1.82) is 0 Å². The van der Waals surface area contributed by atoms with Gasteiger partial charge >= 0.3 is 5.97 Å². The van der Waals surface area contributed by atoms with Gasteiger partial charge in [-0.05, 0) is 30.5 Å². The first-order valence-corrected chi connectivity index (χ1v) is 11.5. The van der Waals surface area contributed by atoms with Crippen LogP contribution in [0.3, 0.4) is 0 Å². The summed E-state index contributed by atoms with van der Waals surface area (Å²) in [4.78, 5) is 45.1. The molecule has 0 saturated carbocycles. The average Bonchev–Trinajstić information content (AvgIpc) is 3.37. The molecule has 166 valence electrons. The molecule has 1 aliphatic heterocycles. The number of aromatic nitrogens is 2.